The van der Waals surface area contributed by atoms with Crippen LogP contribution in [0.3, 0.4) is 0 Å². The minimum Gasteiger partial charge on any atom is -0.469 e. The van der Waals surface area contributed by atoms with Crippen molar-refractivity contribution in [3.05, 3.63) is 0 Å². The van der Waals surface area contributed by atoms with Gasteiger partial charge in [-0.1, -0.05) is 0 Å². The molecule has 0 amide bonds. The Kier molecular flexibility index (Phi) is 3.79. The predicted molar refractivity (Wildman–Crippen MR) is 58.5 cm³/mol. The molecule has 0 aromatic heterocycles. The van der Waals surface area contributed by atoms with Crippen molar-refractivity contribution in [1.29, 1.82) is 0 Å². The van der Waals surface area contributed by atoms with E-state index in [1.54, 1.807) is 0 Å². The molecule has 2 saturated heterocycles. The quantitative estimate of drug-likeness (QED) is 0.672. The normalized spacial score (nSPS) is 37.4. The molecule has 0 aromatic rings. The molecule has 5 nitrogen and oxygen atoms in total. The van der Waals surface area contributed by atoms with Gasteiger partial charge in [0.1, 0.15) is 6.10 Å². The maximum atomic E-state index is 11.8. The fourth-order valence-electron chi connectivity index (χ4n) is 2.39. The summed E-state index contributed by atoms with van der Waals surface area (Å²) in [6.07, 6.45) is 1.51. The van der Waals surface area contributed by atoms with E-state index in [-0.39, 0.29) is 30.5 Å². The molecule has 0 radical (unpaired) electrons. The first-order valence-electron chi connectivity index (χ1n) is 6.00. The van der Waals surface area contributed by atoms with Crippen LogP contribution in [-0.4, -0.2) is 43.3 Å². The number of hydrogen-bond acceptors (Lipinski definition) is 5. The first-order valence-corrected chi connectivity index (χ1v) is 6.00. The minimum atomic E-state index is -0.652. The van der Waals surface area contributed by atoms with Gasteiger partial charge in [0.15, 0.2) is 5.78 Å². The summed E-state index contributed by atoms with van der Waals surface area (Å²) in [5.74, 6) is -0.474. The first-order chi connectivity index (χ1) is 8.10. The summed E-state index contributed by atoms with van der Waals surface area (Å²) in [4.78, 5) is 22.9. The molecule has 0 aromatic carbocycles. The highest BCUT2D eigenvalue weighted by molar-refractivity contribution is 5.88. The fourth-order valence-corrected chi connectivity index (χ4v) is 2.39. The van der Waals surface area contributed by atoms with E-state index in [4.69, 9.17) is 9.47 Å². The average Bonchev–Trinajstić information content (AvgIpc) is 2.30. The lowest BCUT2D eigenvalue weighted by molar-refractivity contribution is -0.191. The zero-order valence-electron chi connectivity index (χ0n) is 10.2. The van der Waals surface area contributed by atoms with Crippen molar-refractivity contribution in [2.75, 3.05) is 7.11 Å². The van der Waals surface area contributed by atoms with Gasteiger partial charge in [-0.15, -0.1) is 0 Å². The van der Waals surface area contributed by atoms with Gasteiger partial charge in [0.05, 0.1) is 31.8 Å². The summed E-state index contributed by atoms with van der Waals surface area (Å²) in [6.45, 7) is 2.00. The number of carbonyl (C=O) groups is 2. The molecule has 0 unspecified atom stereocenters. The Bertz CT molecular complexity index is 314. The molecule has 2 fully saturated rings. The van der Waals surface area contributed by atoms with Crippen LogP contribution in [0.1, 0.15) is 32.6 Å². The Labute approximate surface area is 100 Å². The monoisotopic (exact) mass is 242 g/mol. The number of ketones is 1. The number of carbonyl (C=O) groups excluding carboxylic acids is 2. The highest BCUT2D eigenvalue weighted by atomic mass is 16.6. The van der Waals surface area contributed by atoms with Gasteiger partial charge >= 0.3 is 5.97 Å². The lowest BCUT2D eigenvalue weighted by Crippen LogP contribution is -2.50. The topological polar surface area (TPSA) is 61.8 Å². The molecule has 0 bridgehead atoms. The summed E-state index contributed by atoms with van der Waals surface area (Å²) >= 11 is 0. The molecule has 5 heteroatoms. The van der Waals surface area contributed by atoms with Gasteiger partial charge in [-0.05, 0) is 19.8 Å². The Morgan fingerprint density at radius 3 is 2.82 bits per heavy atom. The number of methoxy groups -OCH3 is 1. The third-order valence-electron chi connectivity index (χ3n) is 3.36. The molecular formula is C12H18O5. The molecule has 4 atom stereocenters. The summed E-state index contributed by atoms with van der Waals surface area (Å²) in [5.41, 5.74) is 0. The van der Waals surface area contributed by atoms with Gasteiger partial charge in [-0.2, -0.15) is 0 Å². The molecule has 2 heterocycles. The Morgan fingerprint density at radius 1 is 1.35 bits per heavy atom. The second-order valence-corrected chi connectivity index (χ2v) is 4.68. The average molecular weight is 242 g/mol. The van der Waals surface area contributed by atoms with Crippen LogP contribution in [0, 0.1) is 0 Å². The van der Waals surface area contributed by atoms with Gasteiger partial charge in [-0.3, -0.25) is 9.59 Å². The lowest BCUT2D eigenvalue weighted by Gasteiger charge is -2.40. The van der Waals surface area contributed by atoms with Crippen LogP contribution in [0.5, 0.6) is 0 Å². The van der Waals surface area contributed by atoms with Crippen molar-refractivity contribution in [1.82, 2.24) is 0 Å². The van der Waals surface area contributed by atoms with Gasteiger partial charge in [0.25, 0.3) is 0 Å². The van der Waals surface area contributed by atoms with Crippen LogP contribution >= 0.6 is 0 Å². The van der Waals surface area contributed by atoms with E-state index < -0.39 is 12.1 Å². The van der Waals surface area contributed by atoms with Crippen molar-refractivity contribution in [3.8, 4) is 0 Å². The van der Waals surface area contributed by atoms with Gasteiger partial charge in [-0.25, -0.2) is 0 Å². The van der Waals surface area contributed by atoms with Gasteiger partial charge in [0, 0.05) is 6.42 Å². The third-order valence-corrected chi connectivity index (χ3v) is 3.36. The standard InChI is InChI=1S/C12H18O5/c1-7-3-4-9-11(16-7)5-8(13)10(17-9)6-12(14)15-2/h7,9-11H,3-6H2,1-2H3/t7-,9-,10+,11+/m0/s1. The summed E-state index contributed by atoms with van der Waals surface area (Å²) in [7, 11) is 1.31. The summed E-state index contributed by atoms with van der Waals surface area (Å²) in [5, 5.41) is 0. The molecule has 2 aliphatic heterocycles. The number of esters is 1. The lowest BCUT2D eigenvalue weighted by atomic mass is 9.92. The number of hydrogen-bond donors (Lipinski definition) is 0. The highest BCUT2D eigenvalue weighted by Crippen LogP contribution is 2.30. The van der Waals surface area contributed by atoms with Crippen LogP contribution in [0.15, 0.2) is 0 Å². The van der Waals surface area contributed by atoms with Crippen LogP contribution < -0.4 is 0 Å². The van der Waals surface area contributed by atoms with Crippen LogP contribution in [0.2, 0.25) is 0 Å². The van der Waals surface area contributed by atoms with Crippen molar-refractivity contribution in [2.24, 2.45) is 0 Å². The molecule has 2 rings (SSSR count). The van der Waals surface area contributed by atoms with E-state index in [1.165, 1.54) is 7.11 Å². The summed E-state index contributed by atoms with van der Waals surface area (Å²) in [6, 6.07) is 0. The van der Waals surface area contributed by atoms with E-state index >= 15 is 0 Å². The van der Waals surface area contributed by atoms with E-state index in [2.05, 4.69) is 4.74 Å². The van der Waals surface area contributed by atoms with E-state index in [1.807, 2.05) is 6.92 Å². The zero-order chi connectivity index (χ0) is 12.4. The Balaban J connectivity index is 1.95. The molecule has 96 valence electrons. The molecule has 0 saturated carbocycles. The SMILES string of the molecule is COC(=O)C[C@H]1O[C@H]2CC[C@H](C)O[C@@H]2CC1=O. The molecule has 2 aliphatic rings. The maximum Gasteiger partial charge on any atom is 0.308 e. The van der Waals surface area contributed by atoms with Crippen molar-refractivity contribution in [2.45, 2.75) is 57.0 Å². The van der Waals surface area contributed by atoms with Crippen molar-refractivity contribution < 1.29 is 23.8 Å². The molecule has 0 spiro atoms. The Hall–Kier alpha value is -0.940. The Morgan fingerprint density at radius 2 is 2.12 bits per heavy atom. The zero-order valence-corrected chi connectivity index (χ0v) is 10.2. The number of Topliss-reactive ketones (excluding diaryl/α,β-unsaturated/α-hetero) is 1. The number of rotatable bonds is 2. The highest BCUT2D eigenvalue weighted by Gasteiger charge is 2.41. The van der Waals surface area contributed by atoms with Crippen molar-refractivity contribution in [3.63, 3.8) is 0 Å². The number of ether oxygens (including phenoxy) is 3. The van der Waals surface area contributed by atoms with E-state index in [9.17, 15) is 9.59 Å². The molecule has 17 heavy (non-hydrogen) atoms. The molecular weight excluding hydrogens is 224 g/mol. The third kappa shape index (κ3) is 2.84. The second kappa shape index (κ2) is 5.14. The van der Waals surface area contributed by atoms with E-state index in [0.717, 1.165) is 12.8 Å². The minimum absolute atomic E-state index is 0.00804. The first kappa shape index (κ1) is 12.5. The smallest absolute Gasteiger partial charge is 0.308 e. The van der Waals surface area contributed by atoms with Gasteiger partial charge in [0.2, 0.25) is 0 Å². The fraction of sp³-hybridized carbons (Fsp3) is 0.833. The van der Waals surface area contributed by atoms with E-state index in [0.29, 0.717) is 6.42 Å². The largest absolute Gasteiger partial charge is 0.469 e. The summed E-state index contributed by atoms with van der Waals surface area (Å²) < 4.78 is 15.9. The van der Waals surface area contributed by atoms with Crippen LogP contribution in [-0.2, 0) is 23.8 Å². The molecule has 0 N–H and O–H groups in total. The second-order valence-electron chi connectivity index (χ2n) is 4.68. The van der Waals surface area contributed by atoms with Crippen LogP contribution in [0.25, 0.3) is 0 Å². The molecule has 0 aliphatic carbocycles. The van der Waals surface area contributed by atoms with Crippen LogP contribution in [0.4, 0.5) is 0 Å². The van der Waals surface area contributed by atoms with Gasteiger partial charge < -0.3 is 14.2 Å². The number of fused-ring (bicyclic) bond motifs is 1. The van der Waals surface area contributed by atoms with Crippen molar-refractivity contribution >= 4 is 11.8 Å². The predicted octanol–water partition coefficient (Wildman–Crippen LogP) is 0.844. The maximum absolute atomic E-state index is 11.8.